The van der Waals surface area contributed by atoms with Crippen LogP contribution in [0.5, 0.6) is 0 Å². The van der Waals surface area contributed by atoms with Crippen molar-refractivity contribution in [3.05, 3.63) is 18.7 Å². The van der Waals surface area contributed by atoms with E-state index in [2.05, 4.69) is 49.1 Å². The minimum Gasteiger partial charge on any atom is -0.357 e. The van der Waals surface area contributed by atoms with Crippen molar-refractivity contribution >= 4 is 11.9 Å². The van der Waals surface area contributed by atoms with Crippen LogP contribution >= 0.6 is 0 Å². The lowest BCUT2D eigenvalue weighted by Crippen LogP contribution is -2.32. The second-order valence-electron chi connectivity index (χ2n) is 5.33. The third-order valence-corrected chi connectivity index (χ3v) is 3.75. The highest BCUT2D eigenvalue weighted by atomic mass is 15.4. The number of hydrogen-bond donors (Lipinski definition) is 1. The lowest BCUT2D eigenvalue weighted by atomic mass is 10.2. The lowest BCUT2D eigenvalue weighted by Gasteiger charge is -2.20. The summed E-state index contributed by atoms with van der Waals surface area (Å²) in [6, 6.07) is 0.538. The van der Waals surface area contributed by atoms with Crippen LogP contribution in [-0.2, 0) is 0 Å². The molecule has 0 radical (unpaired) electrons. The van der Waals surface area contributed by atoms with Gasteiger partial charge in [-0.1, -0.05) is 0 Å². The highest BCUT2D eigenvalue weighted by Crippen LogP contribution is 2.20. The van der Waals surface area contributed by atoms with Gasteiger partial charge in [-0.2, -0.15) is 15.0 Å². The van der Waals surface area contributed by atoms with Crippen LogP contribution in [0.2, 0.25) is 0 Å². The molecule has 1 unspecified atom stereocenters. The molecule has 0 bridgehead atoms. The van der Waals surface area contributed by atoms with Crippen LogP contribution in [-0.4, -0.2) is 69.7 Å². The van der Waals surface area contributed by atoms with Crippen LogP contribution in [0.1, 0.15) is 6.42 Å². The molecule has 1 atom stereocenters. The molecule has 1 saturated heterocycles. The van der Waals surface area contributed by atoms with E-state index in [1.165, 1.54) is 0 Å². The fraction of sp³-hybridized carbons (Fsp3) is 0.538. The highest BCUT2D eigenvalue weighted by molar-refractivity contribution is 5.41. The van der Waals surface area contributed by atoms with Crippen molar-refractivity contribution in [3.8, 4) is 5.95 Å². The molecule has 2 aromatic heterocycles. The van der Waals surface area contributed by atoms with Crippen LogP contribution in [0, 0.1) is 0 Å². The summed E-state index contributed by atoms with van der Waals surface area (Å²) in [7, 11) is 6.03. The Bertz CT molecular complexity index is 594. The van der Waals surface area contributed by atoms with E-state index in [4.69, 9.17) is 0 Å². The number of nitrogens with one attached hydrogen (secondary N) is 1. The van der Waals surface area contributed by atoms with E-state index in [0.29, 0.717) is 23.9 Å². The second-order valence-corrected chi connectivity index (χ2v) is 5.33. The van der Waals surface area contributed by atoms with Crippen molar-refractivity contribution in [2.45, 2.75) is 12.5 Å². The van der Waals surface area contributed by atoms with Gasteiger partial charge < -0.3 is 15.1 Å². The molecule has 1 N–H and O–H groups in total. The molecule has 1 aliphatic heterocycles. The maximum absolute atomic E-state index is 4.57. The number of hydrogen-bond acceptors (Lipinski definition) is 7. The third-order valence-electron chi connectivity index (χ3n) is 3.75. The molecule has 0 aliphatic carbocycles. The van der Waals surface area contributed by atoms with E-state index < -0.39 is 0 Å². The van der Waals surface area contributed by atoms with Crippen molar-refractivity contribution in [2.75, 3.05) is 44.4 Å². The Balaban J connectivity index is 1.90. The molecule has 1 aliphatic rings. The summed E-state index contributed by atoms with van der Waals surface area (Å²) in [4.78, 5) is 21.9. The molecule has 3 heterocycles. The summed E-state index contributed by atoms with van der Waals surface area (Å²) in [5.74, 6) is 1.86. The van der Waals surface area contributed by atoms with Crippen molar-refractivity contribution in [1.82, 2.24) is 29.4 Å². The van der Waals surface area contributed by atoms with Gasteiger partial charge in [0.25, 0.3) is 0 Å². The van der Waals surface area contributed by atoms with Gasteiger partial charge in [0.1, 0.15) is 6.33 Å². The van der Waals surface area contributed by atoms with Gasteiger partial charge in [0.2, 0.25) is 17.8 Å². The molecule has 0 amide bonds. The summed E-state index contributed by atoms with van der Waals surface area (Å²) in [6.45, 7) is 1.89. The minimum absolute atomic E-state index is 0.538. The van der Waals surface area contributed by atoms with Crippen molar-refractivity contribution in [2.24, 2.45) is 0 Å². The van der Waals surface area contributed by atoms with Gasteiger partial charge in [0.15, 0.2) is 0 Å². The van der Waals surface area contributed by atoms with Gasteiger partial charge in [-0.25, -0.2) is 4.98 Å². The topological polar surface area (TPSA) is 75.0 Å². The van der Waals surface area contributed by atoms with Crippen LogP contribution in [0.4, 0.5) is 11.9 Å². The summed E-state index contributed by atoms with van der Waals surface area (Å²) < 4.78 is 1.78. The first-order valence-corrected chi connectivity index (χ1v) is 7.01. The molecule has 8 nitrogen and oxygen atoms in total. The quantitative estimate of drug-likeness (QED) is 0.863. The average Bonchev–Trinajstić information content (AvgIpc) is 3.18. The number of imidazole rings is 1. The first kappa shape index (κ1) is 13.7. The molecule has 112 valence electrons. The second kappa shape index (κ2) is 5.65. The fourth-order valence-corrected chi connectivity index (χ4v) is 2.44. The summed E-state index contributed by atoms with van der Waals surface area (Å²) in [5.41, 5.74) is 0. The Morgan fingerprint density at radius 3 is 2.67 bits per heavy atom. The Morgan fingerprint density at radius 2 is 2.05 bits per heavy atom. The molecule has 1 fully saturated rings. The standard InChI is InChI=1S/C13H20N8/c1-14-11-16-12(20-6-4-10(8-20)19(2)3)18-13(17-11)21-7-5-15-9-21/h5,7,9-10H,4,6,8H2,1-3H3,(H,14,16,17,18). The van der Waals surface area contributed by atoms with E-state index in [1.54, 1.807) is 17.1 Å². The first-order valence-electron chi connectivity index (χ1n) is 7.01. The summed E-state index contributed by atoms with van der Waals surface area (Å²) in [6.07, 6.45) is 6.34. The molecule has 2 aromatic rings. The molecule has 3 rings (SSSR count). The number of rotatable bonds is 4. The summed E-state index contributed by atoms with van der Waals surface area (Å²) in [5, 5.41) is 2.99. The number of aromatic nitrogens is 5. The zero-order valence-corrected chi connectivity index (χ0v) is 12.6. The fourth-order valence-electron chi connectivity index (χ4n) is 2.44. The van der Waals surface area contributed by atoms with E-state index in [9.17, 15) is 0 Å². The molecule has 8 heteroatoms. The Morgan fingerprint density at radius 1 is 1.24 bits per heavy atom. The monoisotopic (exact) mass is 288 g/mol. The molecule has 0 spiro atoms. The normalized spacial score (nSPS) is 18.5. The molecule has 21 heavy (non-hydrogen) atoms. The van der Waals surface area contributed by atoms with E-state index in [-0.39, 0.29) is 0 Å². The molecular weight excluding hydrogens is 268 g/mol. The Labute approximate surface area is 123 Å². The van der Waals surface area contributed by atoms with Gasteiger partial charge in [-0.3, -0.25) is 4.57 Å². The van der Waals surface area contributed by atoms with Gasteiger partial charge in [-0.15, -0.1) is 0 Å². The van der Waals surface area contributed by atoms with Crippen molar-refractivity contribution in [3.63, 3.8) is 0 Å². The number of likely N-dealkylation sites (N-methyl/N-ethyl adjacent to an activating group) is 1. The van der Waals surface area contributed by atoms with Crippen molar-refractivity contribution < 1.29 is 0 Å². The molecule has 0 aromatic carbocycles. The van der Waals surface area contributed by atoms with E-state index >= 15 is 0 Å². The van der Waals surface area contributed by atoms with Crippen LogP contribution in [0.25, 0.3) is 5.95 Å². The Kier molecular flexibility index (Phi) is 3.70. The maximum Gasteiger partial charge on any atom is 0.241 e. The highest BCUT2D eigenvalue weighted by Gasteiger charge is 2.26. The van der Waals surface area contributed by atoms with Gasteiger partial charge in [0, 0.05) is 38.6 Å². The minimum atomic E-state index is 0.538. The van der Waals surface area contributed by atoms with Gasteiger partial charge in [0.05, 0.1) is 0 Å². The molecular formula is C13H20N8. The van der Waals surface area contributed by atoms with Crippen LogP contribution < -0.4 is 10.2 Å². The third kappa shape index (κ3) is 2.80. The zero-order valence-electron chi connectivity index (χ0n) is 12.6. The van der Waals surface area contributed by atoms with E-state index in [0.717, 1.165) is 19.5 Å². The predicted molar refractivity (Wildman–Crippen MR) is 80.8 cm³/mol. The van der Waals surface area contributed by atoms with Crippen molar-refractivity contribution in [1.29, 1.82) is 0 Å². The lowest BCUT2D eigenvalue weighted by molar-refractivity contribution is 0.315. The molecule has 0 saturated carbocycles. The Hall–Kier alpha value is -2.22. The number of nitrogens with zero attached hydrogens (tertiary/aromatic N) is 7. The van der Waals surface area contributed by atoms with E-state index in [1.807, 2.05) is 13.2 Å². The SMILES string of the molecule is CNc1nc(N2CCC(N(C)C)C2)nc(-n2ccnc2)n1. The average molecular weight is 288 g/mol. The van der Waals surface area contributed by atoms with Gasteiger partial charge in [-0.05, 0) is 20.5 Å². The van der Waals surface area contributed by atoms with Crippen LogP contribution in [0.15, 0.2) is 18.7 Å². The maximum atomic E-state index is 4.57. The zero-order chi connectivity index (χ0) is 14.8. The predicted octanol–water partition coefficient (Wildman–Crippen LogP) is 0.239. The van der Waals surface area contributed by atoms with Gasteiger partial charge >= 0.3 is 0 Å². The number of anilines is 2. The first-order chi connectivity index (χ1) is 10.2. The smallest absolute Gasteiger partial charge is 0.241 e. The largest absolute Gasteiger partial charge is 0.357 e. The summed E-state index contributed by atoms with van der Waals surface area (Å²) >= 11 is 0. The van der Waals surface area contributed by atoms with Crippen LogP contribution in [0.3, 0.4) is 0 Å².